The molecule has 0 spiro atoms. The fraction of sp³-hybridized carbons (Fsp3) is 0.133. The minimum absolute atomic E-state index is 0.0958. The summed E-state index contributed by atoms with van der Waals surface area (Å²) < 4.78 is 3.03. The third-order valence-corrected chi connectivity index (χ3v) is 4.16. The Bertz CT molecular complexity index is 765. The summed E-state index contributed by atoms with van der Waals surface area (Å²) in [7, 11) is 0. The lowest BCUT2D eigenvalue weighted by atomic mass is 10.1. The maximum absolute atomic E-state index is 6.08. The van der Waals surface area contributed by atoms with Crippen LogP contribution < -0.4 is 5.73 Å². The van der Waals surface area contributed by atoms with E-state index in [1.807, 2.05) is 47.0 Å². The van der Waals surface area contributed by atoms with Crippen LogP contribution in [0.15, 0.2) is 46.9 Å². The first-order chi connectivity index (χ1) is 9.56. The number of benzene rings is 2. The highest BCUT2D eigenvalue weighted by Gasteiger charge is 2.15. The summed E-state index contributed by atoms with van der Waals surface area (Å²) in [5.41, 5.74) is 9.13. The summed E-state index contributed by atoms with van der Waals surface area (Å²) in [5.74, 6) is 0.514. The van der Waals surface area contributed by atoms with E-state index in [4.69, 9.17) is 17.3 Å². The van der Waals surface area contributed by atoms with Crippen LogP contribution in [0.2, 0.25) is 5.02 Å². The van der Waals surface area contributed by atoms with Crippen LogP contribution in [0.4, 0.5) is 5.95 Å². The molecule has 102 valence electrons. The molecule has 5 heteroatoms. The maximum atomic E-state index is 6.08. The van der Waals surface area contributed by atoms with Crippen molar-refractivity contribution in [1.29, 1.82) is 0 Å². The molecule has 2 aromatic carbocycles. The number of aromatic nitrogens is 2. The van der Waals surface area contributed by atoms with E-state index >= 15 is 0 Å². The lowest BCUT2D eigenvalue weighted by molar-refractivity contribution is 0.668. The number of nitrogen functional groups attached to an aromatic ring is 1. The van der Waals surface area contributed by atoms with Gasteiger partial charge in [0.25, 0.3) is 0 Å². The maximum Gasteiger partial charge on any atom is 0.201 e. The summed E-state index contributed by atoms with van der Waals surface area (Å²) in [4.78, 5) is 4.42. The first kappa shape index (κ1) is 13.5. The average Bonchev–Trinajstić information content (AvgIpc) is 2.73. The Hall–Kier alpha value is -1.52. The molecule has 0 aliphatic rings. The number of hydrogen-bond acceptors (Lipinski definition) is 2. The average molecular weight is 351 g/mol. The number of hydrogen-bond donors (Lipinski definition) is 1. The van der Waals surface area contributed by atoms with Crippen LogP contribution >= 0.6 is 27.5 Å². The summed E-state index contributed by atoms with van der Waals surface area (Å²) >= 11 is 9.39. The van der Waals surface area contributed by atoms with Crippen molar-refractivity contribution < 1.29 is 0 Å². The zero-order chi connectivity index (χ0) is 14.3. The molecular formula is C15H13BrClN3. The second-order valence-corrected chi connectivity index (χ2v) is 6.05. The van der Waals surface area contributed by atoms with Crippen molar-refractivity contribution >= 4 is 44.5 Å². The van der Waals surface area contributed by atoms with Gasteiger partial charge in [-0.2, -0.15) is 0 Å². The Morgan fingerprint density at radius 3 is 2.60 bits per heavy atom. The molecule has 3 aromatic rings. The molecule has 3 rings (SSSR count). The van der Waals surface area contributed by atoms with Crippen molar-refractivity contribution in [2.45, 2.75) is 13.0 Å². The summed E-state index contributed by atoms with van der Waals surface area (Å²) in [6, 6.07) is 13.9. The van der Waals surface area contributed by atoms with Crippen molar-refractivity contribution in [1.82, 2.24) is 9.55 Å². The molecule has 0 saturated carbocycles. The monoisotopic (exact) mass is 349 g/mol. The van der Waals surface area contributed by atoms with E-state index in [1.165, 1.54) is 0 Å². The molecule has 0 aliphatic heterocycles. The topological polar surface area (TPSA) is 43.8 Å². The SMILES string of the molecule is CC(c1ccc(Cl)cc1)n1c(N)nc2cc(Br)ccc21. The largest absolute Gasteiger partial charge is 0.369 e. The molecule has 20 heavy (non-hydrogen) atoms. The molecule has 0 fully saturated rings. The van der Waals surface area contributed by atoms with Crippen LogP contribution in [-0.4, -0.2) is 9.55 Å². The van der Waals surface area contributed by atoms with E-state index in [-0.39, 0.29) is 6.04 Å². The van der Waals surface area contributed by atoms with E-state index in [0.29, 0.717) is 5.95 Å². The van der Waals surface area contributed by atoms with E-state index < -0.39 is 0 Å². The van der Waals surface area contributed by atoms with Gasteiger partial charge in [0.1, 0.15) is 0 Å². The molecule has 1 heterocycles. The van der Waals surface area contributed by atoms with Gasteiger partial charge < -0.3 is 10.3 Å². The van der Waals surface area contributed by atoms with Crippen LogP contribution in [0, 0.1) is 0 Å². The minimum Gasteiger partial charge on any atom is -0.369 e. The van der Waals surface area contributed by atoms with Crippen molar-refractivity contribution in [3.05, 3.63) is 57.5 Å². The van der Waals surface area contributed by atoms with Crippen LogP contribution in [0.25, 0.3) is 11.0 Å². The van der Waals surface area contributed by atoms with Crippen LogP contribution in [-0.2, 0) is 0 Å². The smallest absolute Gasteiger partial charge is 0.201 e. The number of nitrogens with two attached hydrogens (primary N) is 1. The molecule has 0 amide bonds. The zero-order valence-electron chi connectivity index (χ0n) is 10.8. The second-order valence-electron chi connectivity index (χ2n) is 4.70. The van der Waals surface area contributed by atoms with Crippen molar-refractivity contribution in [2.24, 2.45) is 0 Å². The van der Waals surface area contributed by atoms with Crippen LogP contribution in [0.5, 0.6) is 0 Å². The molecule has 3 nitrogen and oxygen atoms in total. The highest BCUT2D eigenvalue weighted by atomic mass is 79.9. The van der Waals surface area contributed by atoms with Gasteiger partial charge >= 0.3 is 0 Å². The quantitative estimate of drug-likeness (QED) is 0.731. The molecule has 1 atom stereocenters. The van der Waals surface area contributed by atoms with Crippen molar-refractivity contribution in [3.8, 4) is 0 Å². The molecule has 0 radical (unpaired) electrons. The van der Waals surface area contributed by atoms with Gasteiger partial charge in [-0.15, -0.1) is 0 Å². The Morgan fingerprint density at radius 1 is 1.20 bits per heavy atom. The van der Waals surface area contributed by atoms with Crippen molar-refractivity contribution in [2.75, 3.05) is 5.73 Å². The molecule has 0 aliphatic carbocycles. The molecule has 0 saturated heterocycles. The number of nitrogens with zero attached hydrogens (tertiary/aromatic N) is 2. The van der Waals surface area contributed by atoms with Gasteiger partial charge in [0.2, 0.25) is 5.95 Å². The Labute approximate surface area is 130 Å². The van der Waals surface area contributed by atoms with E-state index in [0.717, 1.165) is 26.1 Å². The van der Waals surface area contributed by atoms with Gasteiger partial charge in [-0.25, -0.2) is 4.98 Å². The fourth-order valence-corrected chi connectivity index (χ4v) is 2.86. The third-order valence-electron chi connectivity index (χ3n) is 3.42. The van der Waals surface area contributed by atoms with Crippen LogP contribution in [0.3, 0.4) is 0 Å². The van der Waals surface area contributed by atoms with Gasteiger partial charge in [-0.3, -0.25) is 0 Å². The third kappa shape index (κ3) is 2.30. The standard InChI is InChI=1S/C15H13BrClN3/c1-9(10-2-5-12(17)6-3-10)20-14-7-4-11(16)8-13(14)19-15(20)18/h2-9H,1H3,(H2,18,19). The summed E-state index contributed by atoms with van der Waals surface area (Å²) in [6.45, 7) is 2.10. The molecule has 2 N–H and O–H groups in total. The molecule has 0 bridgehead atoms. The first-order valence-electron chi connectivity index (χ1n) is 6.24. The normalized spacial score (nSPS) is 12.8. The van der Waals surface area contributed by atoms with Gasteiger partial charge in [0.15, 0.2) is 0 Å². The number of halogens is 2. The summed E-state index contributed by atoms with van der Waals surface area (Å²) in [5, 5.41) is 0.730. The van der Waals surface area contributed by atoms with E-state index in [2.05, 4.69) is 27.8 Å². The lowest BCUT2D eigenvalue weighted by Gasteiger charge is -2.16. The Kier molecular flexibility index (Phi) is 3.44. The van der Waals surface area contributed by atoms with Crippen LogP contribution in [0.1, 0.15) is 18.5 Å². The lowest BCUT2D eigenvalue weighted by Crippen LogP contribution is -2.10. The van der Waals surface area contributed by atoms with Crippen molar-refractivity contribution in [3.63, 3.8) is 0 Å². The van der Waals surface area contributed by atoms with Gasteiger partial charge in [0, 0.05) is 9.50 Å². The molecule has 1 unspecified atom stereocenters. The van der Waals surface area contributed by atoms with Gasteiger partial charge in [-0.05, 0) is 42.8 Å². The first-order valence-corrected chi connectivity index (χ1v) is 7.42. The molecule has 1 aromatic heterocycles. The number of anilines is 1. The number of fused-ring (bicyclic) bond motifs is 1. The Balaban J connectivity index is 2.13. The predicted molar refractivity (Wildman–Crippen MR) is 87.1 cm³/mol. The molecular weight excluding hydrogens is 338 g/mol. The number of imidazole rings is 1. The second kappa shape index (κ2) is 5.11. The van der Waals surface area contributed by atoms with Gasteiger partial charge in [0.05, 0.1) is 17.1 Å². The fourth-order valence-electron chi connectivity index (χ4n) is 2.39. The Morgan fingerprint density at radius 2 is 1.90 bits per heavy atom. The highest BCUT2D eigenvalue weighted by molar-refractivity contribution is 9.10. The highest BCUT2D eigenvalue weighted by Crippen LogP contribution is 2.29. The minimum atomic E-state index is 0.0958. The van der Waals surface area contributed by atoms with E-state index in [1.54, 1.807) is 0 Å². The predicted octanol–water partition coefficient (Wildman–Crippen LogP) is 4.64. The van der Waals surface area contributed by atoms with Gasteiger partial charge in [-0.1, -0.05) is 39.7 Å². The zero-order valence-corrected chi connectivity index (χ0v) is 13.2. The summed E-state index contributed by atoms with van der Waals surface area (Å²) in [6.07, 6.45) is 0. The van der Waals surface area contributed by atoms with E-state index in [9.17, 15) is 0 Å². The number of rotatable bonds is 2.